The van der Waals surface area contributed by atoms with Crippen molar-refractivity contribution in [3.05, 3.63) is 106 Å². The predicted octanol–water partition coefficient (Wildman–Crippen LogP) is 5.97. The third-order valence-electron chi connectivity index (χ3n) is 5.66. The van der Waals surface area contributed by atoms with Gasteiger partial charge < -0.3 is 9.47 Å². The fraction of sp³-hybridized carbons (Fsp3) is 0.143. The summed E-state index contributed by atoms with van der Waals surface area (Å²) in [6, 6.07) is 28.8. The smallest absolute Gasteiger partial charge is 0.261 e. The molecular formula is C28H23ClN2O3. The number of hydrogen-bond donors (Lipinski definition) is 0. The first-order chi connectivity index (χ1) is 16.7. The molecule has 0 saturated carbocycles. The van der Waals surface area contributed by atoms with Gasteiger partial charge in [0.2, 0.25) is 0 Å². The molecule has 5 nitrogen and oxygen atoms in total. The lowest BCUT2D eigenvalue weighted by molar-refractivity contribution is 0.0945. The van der Waals surface area contributed by atoms with Gasteiger partial charge in [0.15, 0.2) is 0 Å². The van der Waals surface area contributed by atoms with Crippen LogP contribution in [-0.4, -0.2) is 29.4 Å². The first kappa shape index (κ1) is 22.1. The van der Waals surface area contributed by atoms with Crippen LogP contribution in [0.25, 0.3) is 33.1 Å². The second-order valence-electron chi connectivity index (χ2n) is 7.85. The summed E-state index contributed by atoms with van der Waals surface area (Å²) >= 11 is 6.05. The average Bonchev–Trinajstić information content (AvgIpc) is 2.87. The summed E-state index contributed by atoms with van der Waals surface area (Å²) in [6.07, 6.45) is 0. The summed E-state index contributed by atoms with van der Waals surface area (Å²) in [4.78, 5) is 18.0. The Morgan fingerprint density at radius 1 is 0.765 bits per heavy atom. The summed E-state index contributed by atoms with van der Waals surface area (Å²) in [7, 11) is 0. The van der Waals surface area contributed by atoms with Gasteiger partial charge in [-0.1, -0.05) is 60.1 Å². The summed E-state index contributed by atoms with van der Waals surface area (Å²) in [5.74, 6) is 1.43. The van der Waals surface area contributed by atoms with Gasteiger partial charge in [-0.2, -0.15) is 0 Å². The normalized spacial score (nSPS) is 11.2. The van der Waals surface area contributed by atoms with Crippen molar-refractivity contribution in [2.45, 2.75) is 6.54 Å². The zero-order valence-electron chi connectivity index (χ0n) is 18.5. The fourth-order valence-electron chi connectivity index (χ4n) is 3.98. The highest BCUT2D eigenvalue weighted by atomic mass is 35.5. The van der Waals surface area contributed by atoms with E-state index < -0.39 is 0 Å². The lowest BCUT2D eigenvalue weighted by Gasteiger charge is -2.14. The van der Waals surface area contributed by atoms with Crippen molar-refractivity contribution in [2.75, 3.05) is 19.8 Å². The van der Waals surface area contributed by atoms with Gasteiger partial charge >= 0.3 is 0 Å². The highest BCUT2D eigenvalue weighted by Crippen LogP contribution is 2.25. The maximum atomic E-state index is 13.2. The molecule has 4 aromatic carbocycles. The van der Waals surface area contributed by atoms with E-state index in [1.165, 1.54) is 0 Å². The highest BCUT2D eigenvalue weighted by Gasteiger charge is 2.13. The Balaban J connectivity index is 1.28. The van der Waals surface area contributed by atoms with Crippen molar-refractivity contribution in [2.24, 2.45) is 0 Å². The van der Waals surface area contributed by atoms with E-state index in [-0.39, 0.29) is 5.56 Å². The van der Waals surface area contributed by atoms with Crippen LogP contribution in [0.3, 0.4) is 0 Å². The lowest BCUT2D eigenvalue weighted by atomic mass is 10.1. The maximum Gasteiger partial charge on any atom is 0.261 e. The molecule has 170 valence electrons. The van der Waals surface area contributed by atoms with E-state index in [4.69, 9.17) is 26.1 Å². The van der Waals surface area contributed by atoms with Crippen LogP contribution in [0.2, 0.25) is 5.02 Å². The fourth-order valence-corrected chi connectivity index (χ4v) is 4.11. The topological polar surface area (TPSA) is 53.4 Å². The molecule has 0 fully saturated rings. The molecule has 0 bridgehead atoms. The molecule has 5 aromatic rings. The molecule has 0 aliphatic rings. The quantitative estimate of drug-likeness (QED) is 0.262. The lowest BCUT2D eigenvalue weighted by Crippen LogP contribution is -2.26. The molecule has 0 aliphatic carbocycles. The Kier molecular flexibility index (Phi) is 6.56. The molecular weight excluding hydrogens is 448 g/mol. The summed E-state index contributed by atoms with van der Waals surface area (Å²) in [5.41, 5.74) is 1.40. The molecule has 0 N–H and O–H groups in total. The van der Waals surface area contributed by atoms with E-state index in [2.05, 4.69) is 12.1 Å². The Hall–Kier alpha value is -3.67. The van der Waals surface area contributed by atoms with E-state index in [0.717, 1.165) is 22.1 Å². The summed E-state index contributed by atoms with van der Waals surface area (Å²) < 4.78 is 13.4. The third-order valence-corrected chi connectivity index (χ3v) is 5.91. The Morgan fingerprint density at radius 3 is 2.35 bits per heavy atom. The van der Waals surface area contributed by atoms with Gasteiger partial charge in [-0.15, -0.1) is 0 Å². The van der Waals surface area contributed by atoms with Crippen LogP contribution in [0.4, 0.5) is 0 Å². The maximum absolute atomic E-state index is 13.2. The molecule has 34 heavy (non-hydrogen) atoms. The largest absolute Gasteiger partial charge is 0.491 e. The van der Waals surface area contributed by atoms with Crippen molar-refractivity contribution >= 4 is 33.3 Å². The molecule has 1 aromatic heterocycles. The van der Waals surface area contributed by atoms with Crippen molar-refractivity contribution in [3.63, 3.8) is 0 Å². The molecule has 6 heteroatoms. The number of ether oxygens (including phenoxy) is 2. The zero-order chi connectivity index (χ0) is 23.3. The SMILES string of the molecule is O=c1c2ccccc2nc(-c2ccc(Cl)cc2)n1CCOCCOc1cccc2ccccc12. The third kappa shape index (κ3) is 4.67. The molecule has 0 radical (unpaired) electrons. The van der Waals surface area contributed by atoms with Crippen LogP contribution < -0.4 is 10.3 Å². The van der Waals surface area contributed by atoms with Gasteiger partial charge in [-0.05, 0) is 47.9 Å². The van der Waals surface area contributed by atoms with Gasteiger partial charge in [0.05, 0.1) is 30.7 Å². The molecule has 0 spiro atoms. The number of rotatable bonds is 8. The van der Waals surface area contributed by atoms with E-state index in [9.17, 15) is 4.79 Å². The van der Waals surface area contributed by atoms with Crippen LogP contribution >= 0.6 is 11.6 Å². The number of nitrogens with zero attached hydrogens (tertiary/aromatic N) is 2. The minimum atomic E-state index is -0.0915. The number of para-hydroxylation sites is 1. The second-order valence-corrected chi connectivity index (χ2v) is 8.29. The van der Waals surface area contributed by atoms with Gasteiger partial charge in [0, 0.05) is 16.0 Å². The van der Waals surface area contributed by atoms with E-state index in [0.29, 0.717) is 48.1 Å². The average molecular weight is 471 g/mol. The predicted molar refractivity (Wildman–Crippen MR) is 137 cm³/mol. The van der Waals surface area contributed by atoms with Crippen LogP contribution in [0, 0.1) is 0 Å². The Morgan fingerprint density at radius 2 is 1.50 bits per heavy atom. The number of hydrogen-bond acceptors (Lipinski definition) is 4. The number of halogens is 1. The molecule has 0 unspecified atom stereocenters. The molecule has 0 amide bonds. The Labute approximate surface area is 202 Å². The van der Waals surface area contributed by atoms with Gasteiger partial charge in [0.25, 0.3) is 5.56 Å². The molecule has 5 rings (SSSR count). The Bertz CT molecular complexity index is 1490. The van der Waals surface area contributed by atoms with Crippen LogP contribution in [0.1, 0.15) is 0 Å². The summed E-state index contributed by atoms with van der Waals surface area (Å²) in [5, 5.41) is 3.43. The monoisotopic (exact) mass is 470 g/mol. The molecule has 0 aliphatic heterocycles. The molecule has 0 saturated heterocycles. The minimum absolute atomic E-state index is 0.0915. The minimum Gasteiger partial charge on any atom is -0.491 e. The van der Waals surface area contributed by atoms with E-state index in [1.807, 2.05) is 60.7 Å². The first-order valence-corrected chi connectivity index (χ1v) is 11.5. The van der Waals surface area contributed by atoms with Crippen molar-refractivity contribution in [1.82, 2.24) is 9.55 Å². The van der Waals surface area contributed by atoms with E-state index >= 15 is 0 Å². The number of aromatic nitrogens is 2. The second kappa shape index (κ2) is 10.1. The van der Waals surface area contributed by atoms with Crippen molar-refractivity contribution in [3.8, 4) is 17.1 Å². The van der Waals surface area contributed by atoms with E-state index in [1.54, 1.807) is 22.8 Å². The van der Waals surface area contributed by atoms with Crippen LogP contribution in [0.15, 0.2) is 95.8 Å². The van der Waals surface area contributed by atoms with Crippen molar-refractivity contribution in [1.29, 1.82) is 0 Å². The van der Waals surface area contributed by atoms with Crippen molar-refractivity contribution < 1.29 is 9.47 Å². The van der Waals surface area contributed by atoms with Crippen LogP contribution in [0.5, 0.6) is 5.75 Å². The number of fused-ring (bicyclic) bond motifs is 2. The van der Waals surface area contributed by atoms with Gasteiger partial charge in [0.1, 0.15) is 18.2 Å². The zero-order valence-corrected chi connectivity index (χ0v) is 19.2. The van der Waals surface area contributed by atoms with Crippen LogP contribution in [-0.2, 0) is 11.3 Å². The van der Waals surface area contributed by atoms with Gasteiger partial charge in [-0.25, -0.2) is 4.98 Å². The number of benzene rings is 4. The standard InChI is InChI=1S/C28H23ClN2O3/c29-22-14-12-21(13-15-22)27-30-25-10-4-3-9-24(25)28(32)31(27)16-17-33-18-19-34-26-11-5-7-20-6-1-2-8-23(20)26/h1-15H,16-19H2. The van der Waals surface area contributed by atoms with Gasteiger partial charge in [-0.3, -0.25) is 9.36 Å². The first-order valence-electron chi connectivity index (χ1n) is 11.1. The molecule has 1 heterocycles. The molecule has 0 atom stereocenters. The highest BCUT2D eigenvalue weighted by molar-refractivity contribution is 6.30. The summed E-state index contributed by atoms with van der Waals surface area (Å²) in [6.45, 7) is 1.57.